The molecule has 23 heavy (non-hydrogen) atoms. The van der Waals surface area contributed by atoms with Crippen LogP contribution in [0.3, 0.4) is 0 Å². The first-order chi connectivity index (χ1) is 10.8. The summed E-state index contributed by atoms with van der Waals surface area (Å²) in [7, 11) is -3.29. The smallest absolute Gasteiger partial charge is 0.335 e. The number of fused-ring (bicyclic) bond motifs is 1. The van der Waals surface area contributed by atoms with E-state index in [1.165, 1.54) is 24.3 Å². The van der Waals surface area contributed by atoms with E-state index in [-0.39, 0.29) is 10.5 Å². The minimum Gasteiger partial charge on any atom is -0.478 e. The van der Waals surface area contributed by atoms with Crippen LogP contribution in [0, 0.1) is 0 Å². The molecule has 0 unspecified atom stereocenters. The molecule has 0 saturated heterocycles. The lowest BCUT2D eigenvalue weighted by atomic mass is 10.2. The van der Waals surface area contributed by atoms with Gasteiger partial charge in [-0.15, -0.1) is 0 Å². The third kappa shape index (κ3) is 3.16. The van der Waals surface area contributed by atoms with Gasteiger partial charge in [0.05, 0.1) is 21.5 Å². The number of rotatable bonds is 4. The number of anilines is 2. The molecule has 118 valence electrons. The molecular weight excluding hydrogens is 318 g/mol. The number of aromatic nitrogens is 2. The number of imidazole rings is 1. The molecule has 0 saturated carbocycles. The van der Waals surface area contributed by atoms with Gasteiger partial charge in [-0.1, -0.05) is 6.07 Å². The molecule has 0 radical (unpaired) electrons. The molecule has 0 amide bonds. The van der Waals surface area contributed by atoms with Gasteiger partial charge in [0.2, 0.25) is 5.95 Å². The van der Waals surface area contributed by atoms with Crippen molar-refractivity contribution in [2.24, 2.45) is 0 Å². The van der Waals surface area contributed by atoms with E-state index in [4.69, 9.17) is 5.11 Å². The number of hydrogen-bond donors (Lipinski definition) is 3. The molecule has 3 aromatic rings. The Labute approximate surface area is 131 Å². The standard InChI is InChI=1S/C15H13N3O4S/c1-23(21,22)11-4-2-3-10(8-11)16-15-17-12-6-5-9(14(19)20)7-13(12)18-15/h2-8H,1H3,(H,19,20)(H2,16,17,18). The first-order valence-corrected chi connectivity index (χ1v) is 8.52. The van der Waals surface area contributed by atoms with Crippen molar-refractivity contribution in [2.45, 2.75) is 4.90 Å². The van der Waals surface area contributed by atoms with E-state index >= 15 is 0 Å². The van der Waals surface area contributed by atoms with Crippen molar-refractivity contribution in [1.82, 2.24) is 9.97 Å². The number of carboxylic acids is 1. The maximum Gasteiger partial charge on any atom is 0.335 e. The van der Waals surface area contributed by atoms with Gasteiger partial charge in [0.15, 0.2) is 9.84 Å². The van der Waals surface area contributed by atoms with Gasteiger partial charge in [0.1, 0.15) is 0 Å². The molecule has 2 aromatic carbocycles. The summed E-state index contributed by atoms with van der Waals surface area (Å²) < 4.78 is 23.1. The number of carbonyl (C=O) groups is 1. The third-order valence-corrected chi connectivity index (χ3v) is 4.36. The van der Waals surface area contributed by atoms with Gasteiger partial charge < -0.3 is 15.4 Å². The van der Waals surface area contributed by atoms with Crippen molar-refractivity contribution < 1.29 is 18.3 Å². The van der Waals surface area contributed by atoms with E-state index in [0.717, 1.165) is 6.26 Å². The molecule has 8 heteroatoms. The normalized spacial score (nSPS) is 11.5. The summed E-state index contributed by atoms with van der Waals surface area (Å²) in [5, 5.41) is 12.0. The Hall–Kier alpha value is -2.87. The molecular formula is C15H13N3O4S. The van der Waals surface area contributed by atoms with E-state index in [9.17, 15) is 13.2 Å². The highest BCUT2D eigenvalue weighted by molar-refractivity contribution is 7.90. The number of aromatic amines is 1. The first-order valence-electron chi connectivity index (χ1n) is 6.63. The van der Waals surface area contributed by atoms with Crippen LogP contribution in [0.2, 0.25) is 0 Å². The van der Waals surface area contributed by atoms with Crippen LogP contribution in [0.4, 0.5) is 11.6 Å². The van der Waals surface area contributed by atoms with Crippen molar-refractivity contribution in [3.05, 3.63) is 48.0 Å². The van der Waals surface area contributed by atoms with Crippen LogP contribution in [-0.4, -0.2) is 35.7 Å². The number of H-pyrrole nitrogens is 1. The van der Waals surface area contributed by atoms with Crippen molar-refractivity contribution in [3.8, 4) is 0 Å². The van der Waals surface area contributed by atoms with Crippen LogP contribution < -0.4 is 5.32 Å². The minimum absolute atomic E-state index is 0.159. The molecule has 7 nitrogen and oxygen atoms in total. The number of carboxylic acid groups (broad SMARTS) is 1. The first kappa shape index (κ1) is 15.0. The summed E-state index contributed by atoms with van der Waals surface area (Å²) in [6.07, 6.45) is 1.14. The summed E-state index contributed by atoms with van der Waals surface area (Å²) >= 11 is 0. The number of benzene rings is 2. The Morgan fingerprint density at radius 2 is 2.00 bits per heavy atom. The molecule has 0 spiro atoms. The Bertz CT molecular complexity index is 1010. The average molecular weight is 331 g/mol. The second kappa shape index (κ2) is 5.40. The Morgan fingerprint density at radius 3 is 2.70 bits per heavy atom. The van der Waals surface area contributed by atoms with Crippen molar-refractivity contribution in [2.75, 3.05) is 11.6 Å². The van der Waals surface area contributed by atoms with E-state index in [1.54, 1.807) is 18.2 Å². The van der Waals surface area contributed by atoms with Gasteiger partial charge in [0.25, 0.3) is 0 Å². The van der Waals surface area contributed by atoms with Crippen LogP contribution >= 0.6 is 0 Å². The van der Waals surface area contributed by atoms with Gasteiger partial charge in [-0.25, -0.2) is 18.2 Å². The van der Waals surface area contributed by atoms with Gasteiger partial charge in [-0.3, -0.25) is 0 Å². The average Bonchev–Trinajstić information content (AvgIpc) is 2.87. The lowest BCUT2D eigenvalue weighted by Crippen LogP contribution is -1.99. The van der Waals surface area contributed by atoms with Gasteiger partial charge in [-0.05, 0) is 36.4 Å². The van der Waals surface area contributed by atoms with Gasteiger partial charge >= 0.3 is 5.97 Å². The van der Waals surface area contributed by atoms with Crippen LogP contribution in [0.1, 0.15) is 10.4 Å². The predicted octanol–water partition coefficient (Wildman–Crippen LogP) is 2.41. The van der Waals surface area contributed by atoms with Crippen LogP contribution in [0.5, 0.6) is 0 Å². The molecule has 0 aliphatic heterocycles. The molecule has 0 aliphatic rings. The van der Waals surface area contributed by atoms with Gasteiger partial charge in [-0.2, -0.15) is 0 Å². The fourth-order valence-electron chi connectivity index (χ4n) is 2.14. The molecule has 3 rings (SSSR count). The Balaban J connectivity index is 1.94. The summed E-state index contributed by atoms with van der Waals surface area (Å²) in [6.45, 7) is 0. The highest BCUT2D eigenvalue weighted by Gasteiger charge is 2.10. The zero-order valence-electron chi connectivity index (χ0n) is 12.1. The Morgan fingerprint density at radius 1 is 1.22 bits per heavy atom. The minimum atomic E-state index is -3.29. The SMILES string of the molecule is CS(=O)(=O)c1cccc(Nc2nc3ccc(C(=O)O)cc3[nH]2)c1. The van der Waals surface area contributed by atoms with E-state index in [2.05, 4.69) is 15.3 Å². The summed E-state index contributed by atoms with van der Waals surface area (Å²) in [6, 6.07) is 10.9. The predicted molar refractivity (Wildman–Crippen MR) is 85.9 cm³/mol. The molecule has 0 atom stereocenters. The summed E-state index contributed by atoms with van der Waals surface area (Å²) in [5.74, 6) is -0.620. The van der Waals surface area contributed by atoms with E-state index < -0.39 is 15.8 Å². The van der Waals surface area contributed by atoms with Crippen LogP contribution in [0.25, 0.3) is 11.0 Å². The third-order valence-electron chi connectivity index (χ3n) is 3.25. The van der Waals surface area contributed by atoms with Gasteiger partial charge in [0, 0.05) is 11.9 Å². The fourth-order valence-corrected chi connectivity index (χ4v) is 2.81. The quantitative estimate of drug-likeness (QED) is 0.677. The second-order valence-corrected chi connectivity index (χ2v) is 7.06. The maximum absolute atomic E-state index is 11.6. The zero-order valence-corrected chi connectivity index (χ0v) is 12.9. The van der Waals surface area contributed by atoms with Crippen molar-refractivity contribution in [1.29, 1.82) is 0 Å². The molecule has 0 bridgehead atoms. The Kier molecular flexibility index (Phi) is 3.53. The second-order valence-electron chi connectivity index (χ2n) is 5.05. The highest BCUT2D eigenvalue weighted by atomic mass is 32.2. The molecule has 0 aliphatic carbocycles. The fraction of sp³-hybridized carbons (Fsp3) is 0.0667. The monoisotopic (exact) mass is 331 g/mol. The highest BCUT2D eigenvalue weighted by Crippen LogP contribution is 2.21. The summed E-state index contributed by atoms with van der Waals surface area (Å²) in [4.78, 5) is 18.4. The largest absolute Gasteiger partial charge is 0.478 e. The molecule has 3 N–H and O–H groups in total. The van der Waals surface area contributed by atoms with E-state index in [0.29, 0.717) is 22.7 Å². The van der Waals surface area contributed by atoms with Crippen molar-refractivity contribution in [3.63, 3.8) is 0 Å². The zero-order chi connectivity index (χ0) is 16.6. The summed E-state index contributed by atoms with van der Waals surface area (Å²) in [5.41, 5.74) is 1.90. The number of sulfone groups is 1. The number of hydrogen-bond acceptors (Lipinski definition) is 5. The lowest BCUT2D eigenvalue weighted by Gasteiger charge is -2.04. The topological polar surface area (TPSA) is 112 Å². The molecule has 0 fully saturated rings. The lowest BCUT2D eigenvalue weighted by molar-refractivity contribution is 0.0697. The molecule has 1 aromatic heterocycles. The van der Waals surface area contributed by atoms with Crippen LogP contribution in [0.15, 0.2) is 47.4 Å². The number of nitrogens with zero attached hydrogens (tertiary/aromatic N) is 1. The number of aromatic carboxylic acids is 1. The number of nitrogens with one attached hydrogen (secondary N) is 2. The van der Waals surface area contributed by atoms with Crippen LogP contribution in [-0.2, 0) is 9.84 Å². The van der Waals surface area contributed by atoms with E-state index in [1.807, 2.05) is 0 Å². The molecule has 1 heterocycles. The maximum atomic E-state index is 11.6. The van der Waals surface area contributed by atoms with Crippen molar-refractivity contribution >= 4 is 38.5 Å².